The lowest BCUT2D eigenvalue weighted by atomic mass is 9.93. The molecule has 9 aromatic carbocycles. The maximum absolute atomic E-state index is 5.29. The third kappa shape index (κ3) is 4.85. The van der Waals surface area contributed by atoms with Crippen molar-refractivity contribution in [3.63, 3.8) is 0 Å². The molecule has 0 bridgehead atoms. The number of nitrogens with zero attached hydrogens (tertiary/aromatic N) is 3. The van der Waals surface area contributed by atoms with Crippen LogP contribution >= 0.6 is 22.7 Å². The predicted octanol–water partition coefficient (Wildman–Crippen LogP) is 14.7. The normalized spacial score (nSPS) is 11.9. The van der Waals surface area contributed by atoms with Crippen LogP contribution in [0, 0.1) is 0 Å². The molecule has 0 spiro atoms. The van der Waals surface area contributed by atoms with E-state index < -0.39 is 0 Å². The summed E-state index contributed by atoms with van der Waals surface area (Å²) < 4.78 is 5.08. The highest BCUT2D eigenvalue weighted by Gasteiger charge is 2.19. The third-order valence-electron chi connectivity index (χ3n) is 11.1. The zero-order valence-corrected chi connectivity index (χ0v) is 31.5. The summed E-state index contributed by atoms with van der Waals surface area (Å²) in [7, 11) is 0. The zero-order valence-electron chi connectivity index (χ0n) is 29.9. The molecule has 0 aliphatic carbocycles. The Hall–Kier alpha value is -6.79. The van der Waals surface area contributed by atoms with Crippen LogP contribution in [0.1, 0.15) is 0 Å². The van der Waals surface area contributed by atoms with E-state index >= 15 is 0 Å². The van der Waals surface area contributed by atoms with Crippen LogP contribution in [-0.4, -0.2) is 15.0 Å². The number of hydrogen-bond acceptors (Lipinski definition) is 5. The maximum atomic E-state index is 5.29. The second-order valence-corrected chi connectivity index (χ2v) is 16.4. The summed E-state index contributed by atoms with van der Waals surface area (Å²) in [5.41, 5.74) is 5.32. The van der Waals surface area contributed by atoms with E-state index in [9.17, 15) is 0 Å². The van der Waals surface area contributed by atoms with Gasteiger partial charge in [-0.3, -0.25) is 0 Å². The van der Waals surface area contributed by atoms with Crippen LogP contribution in [0.25, 0.3) is 118 Å². The molecule has 0 saturated carbocycles. The van der Waals surface area contributed by atoms with E-state index in [2.05, 4.69) is 176 Å². The molecule has 0 N–H and O–H groups in total. The lowest BCUT2D eigenvalue weighted by molar-refractivity contribution is 1.08. The standard InChI is InChI=1S/C51H29N3S2/c1-2-13-36-34(11-1)35-12-3-4-14-37(35)43-29-32(27-28-38(36)43)50-52-49(53-51(54-50)42-19-10-22-46-47(42)41-16-6-8-21-45(41)55-46)31-25-23-30(24-26-31)33-17-9-18-40-39-15-5-7-20-44(39)56-48(33)40/h1-29H. The fraction of sp³-hybridized carbons (Fsp3) is 0. The van der Waals surface area contributed by atoms with E-state index in [1.165, 1.54) is 83.8 Å². The Kier molecular flexibility index (Phi) is 6.97. The number of hydrogen-bond donors (Lipinski definition) is 0. The molecule has 3 nitrogen and oxygen atoms in total. The Labute approximate surface area is 329 Å². The molecule has 12 rings (SSSR count). The molecule has 3 aromatic heterocycles. The molecule has 0 saturated heterocycles. The summed E-state index contributed by atoms with van der Waals surface area (Å²) in [4.78, 5) is 15.8. The SMILES string of the molecule is c1ccc2c(c1)sc1c(-c3ccc(-c4nc(-c5ccc6c7ccccc7c7ccccc7c6c5)nc(-c5cccc6sc7ccccc7c56)n4)cc3)cccc12. The predicted molar refractivity (Wildman–Crippen MR) is 240 cm³/mol. The van der Waals surface area contributed by atoms with Crippen LogP contribution in [-0.2, 0) is 0 Å². The van der Waals surface area contributed by atoms with Crippen molar-refractivity contribution >= 4 is 95.3 Å². The van der Waals surface area contributed by atoms with Crippen LogP contribution in [0.5, 0.6) is 0 Å². The van der Waals surface area contributed by atoms with Crippen molar-refractivity contribution in [1.82, 2.24) is 15.0 Å². The quantitative estimate of drug-likeness (QED) is 0.168. The first-order valence-corrected chi connectivity index (χ1v) is 20.4. The molecule has 0 radical (unpaired) electrons. The first-order valence-electron chi connectivity index (χ1n) is 18.8. The average molecular weight is 748 g/mol. The first-order chi connectivity index (χ1) is 27.7. The van der Waals surface area contributed by atoms with E-state index in [1.807, 2.05) is 11.3 Å². The van der Waals surface area contributed by atoms with Crippen LogP contribution in [0.2, 0.25) is 0 Å². The highest BCUT2D eigenvalue weighted by atomic mass is 32.1. The van der Waals surface area contributed by atoms with Crippen LogP contribution < -0.4 is 0 Å². The largest absolute Gasteiger partial charge is 0.208 e. The second-order valence-electron chi connectivity index (χ2n) is 14.3. The molecule has 0 fully saturated rings. The molecule has 260 valence electrons. The Bertz CT molecular complexity index is 3510. The van der Waals surface area contributed by atoms with Gasteiger partial charge in [0.2, 0.25) is 0 Å². The maximum Gasteiger partial charge on any atom is 0.164 e. The zero-order chi connectivity index (χ0) is 36.7. The topological polar surface area (TPSA) is 38.7 Å². The molecule has 3 heterocycles. The van der Waals surface area contributed by atoms with Crippen molar-refractivity contribution in [2.45, 2.75) is 0 Å². The van der Waals surface area contributed by atoms with Gasteiger partial charge in [0.15, 0.2) is 17.5 Å². The van der Waals surface area contributed by atoms with Gasteiger partial charge in [-0.15, -0.1) is 22.7 Å². The lowest BCUT2D eigenvalue weighted by Crippen LogP contribution is -2.00. The molecule has 0 aliphatic heterocycles. The van der Waals surface area contributed by atoms with Gasteiger partial charge in [0.25, 0.3) is 0 Å². The van der Waals surface area contributed by atoms with Gasteiger partial charge < -0.3 is 0 Å². The van der Waals surface area contributed by atoms with E-state index in [4.69, 9.17) is 15.0 Å². The molecule has 12 aromatic rings. The van der Waals surface area contributed by atoms with Crippen LogP contribution in [0.4, 0.5) is 0 Å². The molecule has 0 atom stereocenters. The molecule has 56 heavy (non-hydrogen) atoms. The average Bonchev–Trinajstić information content (AvgIpc) is 3.85. The Morgan fingerprint density at radius 3 is 1.50 bits per heavy atom. The lowest BCUT2D eigenvalue weighted by Gasteiger charge is -2.13. The highest BCUT2D eigenvalue weighted by Crippen LogP contribution is 2.42. The van der Waals surface area contributed by atoms with Crippen molar-refractivity contribution in [3.05, 3.63) is 176 Å². The van der Waals surface area contributed by atoms with Gasteiger partial charge in [0.1, 0.15) is 0 Å². The minimum atomic E-state index is 0.650. The van der Waals surface area contributed by atoms with E-state index in [1.54, 1.807) is 11.3 Å². The van der Waals surface area contributed by atoms with Crippen molar-refractivity contribution < 1.29 is 0 Å². The summed E-state index contributed by atoms with van der Waals surface area (Å²) in [6.07, 6.45) is 0. The minimum absolute atomic E-state index is 0.650. The minimum Gasteiger partial charge on any atom is -0.208 e. The van der Waals surface area contributed by atoms with Crippen molar-refractivity contribution in [2.24, 2.45) is 0 Å². The van der Waals surface area contributed by atoms with Crippen LogP contribution in [0.15, 0.2) is 176 Å². The number of aromatic nitrogens is 3. The molecule has 5 heteroatoms. The van der Waals surface area contributed by atoms with E-state index in [0.717, 1.165) is 16.7 Å². The third-order valence-corrected chi connectivity index (χ3v) is 13.5. The van der Waals surface area contributed by atoms with Gasteiger partial charge >= 0.3 is 0 Å². The fourth-order valence-electron chi connectivity index (χ4n) is 8.54. The van der Waals surface area contributed by atoms with Gasteiger partial charge in [0.05, 0.1) is 0 Å². The summed E-state index contributed by atoms with van der Waals surface area (Å²) in [5.74, 6) is 1.97. The molecule has 0 aliphatic rings. The summed E-state index contributed by atoms with van der Waals surface area (Å²) in [5, 5.41) is 12.4. The second kappa shape index (κ2) is 12.4. The van der Waals surface area contributed by atoms with Gasteiger partial charge in [-0.05, 0) is 67.7 Å². The Balaban J connectivity index is 1.06. The first kappa shape index (κ1) is 31.5. The van der Waals surface area contributed by atoms with Gasteiger partial charge in [-0.1, -0.05) is 152 Å². The van der Waals surface area contributed by atoms with Crippen molar-refractivity contribution in [1.29, 1.82) is 0 Å². The summed E-state index contributed by atoms with van der Waals surface area (Å²) in [6, 6.07) is 63.1. The number of fused-ring (bicyclic) bond motifs is 12. The summed E-state index contributed by atoms with van der Waals surface area (Å²) in [6.45, 7) is 0. The van der Waals surface area contributed by atoms with E-state index in [0.29, 0.717) is 17.5 Å². The molecule has 0 unspecified atom stereocenters. The molecular weight excluding hydrogens is 719 g/mol. The van der Waals surface area contributed by atoms with Gasteiger partial charge in [0, 0.05) is 57.0 Å². The van der Waals surface area contributed by atoms with Crippen LogP contribution in [0.3, 0.4) is 0 Å². The summed E-state index contributed by atoms with van der Waals surface area (Å²) >= 11 is 3.66. The monoisotopic (exact) mass is 747 g/mol. The smallest absolute Gasteiger partial charge is 0.164 e. The number of benzene rings is 9. The van der Waals surface area contributed by atoms with Crippen molar-refractivity contribution in [2.75, 3.05) is 0 Å². The van der Waals surface area contributed by atoms with Gasteiger partial charge in [-0.25, -0.2) is 15.0 Å². The Morgan fingerprint density at radius 2 is 0.768 bits per heavy atom. The fourth-order valence-corrected chi connectivity index (χ4v) is 10.9. The molecular formula is C51H29N3S2. The van der Waals surface area contributed by atoms with Crippen molar-refractivity contribution in [3.8, 4) is 45.3 Å². The number of thiophene rings is 2. The highest BCUT2D eigenvalue weighted by molar-refractivity contribution is 7.26. The molecule has 0 amide bonds. The van der Waals surface area contributed by atoms with E-state index in [-0.39, 0.29) is 0 Å². The Morgan fingerprint density at radius 1 is 0.286 bits per heavy atom. The van der Waals surface area contributed by atoms with Gasteiger partial charge in [-0.2, -0.15) is 0 Å². The number of rotatable bonds is 4.